The molecule has 2 aliphatic rings. The lowest BCUT2D eigenvalue weighted by Crippen LogP contribution is -2.33. The number of hydrogen-bond acceptors (Lipinski definition) is 2. The fourth-order valence-corrected chi connectivity index (χ4v) is 2.66. The number of nitrogens with one attached hydrogen (secondary N) is 1. The van der Waals surface area contributed by atoms with E-state index < -0.39 is 0 Å². The maximum Gasteiger partial charge on any atom is 0.408 e. The molecule has 2 fully saturated rings. The largest absolute Gasteiger partial charge is 0.440 e. The Labute approximate surface area is 90.9 Å². The molecule has 1 aliphatic carbocycles. The van der Waals surface area contributed by atoms with Gasteiger partial charge in [0.25, 0.3) is 0 Å². The number of rotatable bonds is 3. The van der Waals surface area contributed by atoms with Crippen molar-refractivity contribution in [3.05, 3.63) is 12.7 Å². The topological polar surface area (TPSA) is 38.3 Å². The van der Waals surface area contributed by atoms with Gasteiger partial charge in [-0.15, -0.1) is 0 Å². The van der Waals surface area contributed by atoms with Crippen LogP contribution in [0.3, 0.4) is 0 Å². The van der Waals surface area contributed by atoms with Crippen LogP contribution in [-0.4, -0.2) is 18.2 Å². The molecule has 1 N–H and O–H groups in total. The molecular weight excluding hydrogens is 190 g/mol. The normalized spacial score (nSPS) is 32.1. The van der Waals surface area contributed by atoms with E-state index in [-0.39, 0.29) is 18.2 Å². The van der Waals surface area contributed by atoms with Crippen LogP contribution in [-0.2, 0) is 4.74 Å². The molecule has 1 amide bonds. The minimum absolute atomic E-state index is 0.126. The zero-order chi connectivity index (χ0) is 10.7. The predicted molar refractivity (Wildman–Crippen MR) is 58.6 cm³/mol. The second-order valence-corrected chi connectivity index (χ2v) is 4.60. The highest BCUT2D eigenvalue weighted by Gasteiger charge is 2.33. The van der Waals surface area contributed by atoms with Crippen molar-refractivity contribution in [3.8, 4) is 0 Å². The van der Waals surface area contributed by atoms with Gasteiger partial charge in [0.15, 0.2) is 0 Å². The third kappa shape index (κ3) is 2.52. The monoisotopic (exact) mass is 209 g/mol. The highest BCUT2D eigenvalue weighted by Crippen LogP contribution is 2.29. The molecule has 1 aliphatic heterocycles. The molecule has 0 unspecified atom stereocenters. The van der Waals surface area contributed by atoms with Crippen LogP contribution in [0.4, 0.5) is 4.79 Å². The summed E-state index contributed by atoms with van der Waals surface area (Å²) in [7, 11) is 0. The van der Waals surface area contributed by atoms with E-state index in [2.05, 4.69) is 11.9 Å². The number of alkyl carbamates (subject to hydrolysis) is 1. The average Bonchev–Trinajstić information content (AvgIpc) is 2.60. The van der Waals surface area contributed by atoms with Gasteiger partial charge in [-0.25, -0.2) is 4.79 Å². The van der Waals surface area contributed by atoms with Crippen molar-refractivity contribution in [1.82, 2.24) is 5.32 Å². The first-order valence-electron chi connectivity index (χ1n) is 5.89. The summed E-state index contributed by atoms with van der Waals surface area (Å²) >= 11 is 0. The highest BCUT2D eigenvalue weighted by molar-refractivity contribution is 5.70. The van der Waals surface area contributed by atoms with Gasteiger partial charge in [0, 0.05) is 0 Å². The van der Waals surface area contributed by atoms with Gasteiger partial charge >= 0.3 is 6.09 Å². The Morgan fingerprint density at radius 2 is 2.13 bits per heavy atom. The van der Waals surface area contributed by atoms with Crippen molar-refractivity contribution in [2.45, 2.75) is 50.7 Å². The summed E-state index contributed by atoms with van der Waals surface area (Å²) in [5.74, 6) is 0.758. The third-order valence-corrected chi connectivity index (χ3v) is 3.49. The van der Waals surface area contributed by atoms with Crippen LogP contribution >= 0.6 is 0 Å². The second-order valence-electron chi connectivity index (χ2n) is 4.60. The van der Waals surface area contributed by atoms with Crippen LogP contribution in [0.2, 0.25) is 0 Å². The van der Waals surface area contributed by atoms with Crippen molar-refractivity contribution >= 4 is 6.09 Å². The molecule has 0 aromatic heterocycles. The van der Waals surface area contributed by atoms with E-state index in [1.165, 1.54) is 32.1 Å². The van der Waals surface area contributed by atoms with Crippen molar-refractivity contribution in [3.63, 3.8) is 0 Å². The Bertz CT molecular complexity index is 246. The highest BCUT2D eigenvalue weighted by atomic mass is 16.6. The summed E-state index contributed by atoms with van der Waals surface area (Å²) in [6.45, 7) is 3.70. The van der Waals surface area contributed by atoms with Crippen LogP contribution in [0.15, 0.2) is 12.7 Å². The molecule has 2 atom stereocenters. The lowest BCUT2D eigenvalue weighted by Gasteiger charge is -2.25. The zero-order valence-electron chi connectivity index (χ0n) is 9.08. The summed E-state index contributed by atoms with van der Waals surface area (Å²) in [4.78, 5) is 11.1. The smallest absolute Gasteiger partial charge is 0.408 e. The molecule has 84 valence electrons. The molecule has 1 saturated carbocycles. The van der Waals surface area contributed by atoms with Gasteiger partial charge in [-0.3, -0.25) is 0 Å². The molecule has 3 nitrogen and oxygen atoms in total. The van der Waals surface area contributed by atoms with E-state index in [4.69, 9.17) is 4.74 Å². The molecule has 15 heavy (non-hydrogen) atoms. The number of carbonyl (C=O) groups excluding carboxylic acids is 1. The molecule has 1 saturated heterocycles. The number of cyclic esters (lactones) is 1. The Kier molecular flexibility index (Phi) is 3.29. The second kappa shape index (κ2) is 4.69. The maximum atomic E-state index is 11.1. The summed E-state index contributed by atoms with van der Waals surface area (Å²) in [5, 5.41) is 2.87. The van der Waals surface area contributed by atoms with Gasteiger partial charge < -0.3 is 10.1 Å². The molecule has 0 radical (unpaired) electrons. The van der Waals surface area contributed by atoms with Crippen molar-refractivity contribution in [2.24, 2.45) is 5.92 Å². The molecule has 3 heteroatoms. The van der Waals surface area contributed by atoms with Crippen LogP contribution in [0, 0.1) is 5.92 Å². The van der Waals surface area contributed by atoms with Gasteiger partial charge in [0.05, 0.1) is 6.04 Å². The van der Waals surface area contributed by atoms with Crippen molar-refractivity contribution in [1.29, 1.82) is 0 Å². The number of hydrogen-bond donors (Lipinski definition) is 1. The SMILES string of the molecule is C=C[C@@H]1OC(=O)N[C@H]1CC1CCCCC1. The van der Waals surface area contributed by atoms with Gasteiger partial charge in [-0.05, 0) is 18.4 Å². The van der Waals surface area contributed by atoms with Crippen molar-refractivity contribution < 1.29 is 9.53 Å². The van der Waals surface area contributed by atoms with Crippen LogP contribution in [0.25, 0.3) is 0 Å². The van der Waals surface area contributed by atoms with E-state index in [9.17, 15) is 4.79 Å². The van der Waals surface area contributed by atoms with Crippen LogP contribution < -0.4 is 5.32 Å². The van der Waals surface area contributed by atoms with E-state index >= 15 is 0 Å². The Hall–Kier alpha value is -0.990. The minimum Gasteiger partial charge on any atom is -0.440 e. The minimum atomic E-state index is -0.291. The maximum absolute atomic E-state index is 11.1. The molecule has 2 rings (SSSR count). The van der Waals surface area contributed by atoms with E-state index in [0.29, 0.717) is 0 Å². The Morgan fingerprint density at radius 3 is 2.80 bits per heavy atom. The van der Waals surface area contributed by atoms with Gasteiger partial charge in [-0.2, -0.15) is 0 Å². The molecule has 0 aromatic carbocycles. The fraction of sp³-hybridized carbons (Fsp3) is 0.750. The molecule has 0 spiro atoms. The summed E-state index contributed by atoms with van der Waals surface area (Å²) in [6, 6.07) is 0.151. The summed E-state index contributed by atoms with van der Waals surface area (Å²) in [5.41, 5.74) is 0. The van der Waals surface area contributed by atoms with E-state index in [1.807, 2.05) is 0 Å². The lowest BCUT2D eigenvalue weighted by atomic mass is 9.84. The van der Waals surface area contributed by atoms with E-state index in [1.54, 1.807) is 6.08 Å². The number of amides is 1. The number of carbonyl (C=O) groups is 1. The Morgan fingerprint density at radius 1 is 1.40 bits per heavy atom. The molecule has 0 aromatic rings. The van der Waals surface area contributed by atoms with E-state index in [0.717, 1.165) is 12.3 Å². The zero-order valence-corrected chi connectivity index (χ0v) is 9.08. The summed E-state index contributed by atoms with van der Waals surface area (Å²) in [6.07, 6.45) is 9.01. The first kappa shape index (κ1) is 10.5. The quantitative estimate of drug-likeness (QED) is 0.726. The first-order chi connectivity index (χ1) is 7.29. The van der Waals surface area contributed by atoms with Gasteiger partial charge in [-0.1, -0.05) is 38.7 Å². The average molecular weight is 209 g/mol. The number of ether oxygens (including phenoxy) is 1. The molecular formula is C12H19NO2. The molecule has 0 bridgehead atoms. The third-order valence-electron chi connectivity index (χ3n) is 3.49. The van der Waals surface area contributed by atoms with Crippen LogP contribution in [0.1, 0.15) is 38.5 Å². The van der Waals surface area contributed by atoms with Crippen molar-refractivity contribution in [2.75, 3.05) is 0 Å². The first-order valence-corrected chi connectivity index (χ1v) is 5.89. The standard InChI is InChI=1S/C12H19NO2/c1-2-11-10(13-12(14)15-11)8-9-6-4-3-5-7-9/h2,9-11H,1,3-8H2,(H,13,14)/t10-,11-/m0/s1. The van der Waals surface area contributed by atoms with Gasteiger partial charge in [0.2, 0.25) is 0 Å². The summed E-state index contributed by atoms with van der Waals surface area (Å²) < 4.78 is 5.10. The predicted octanol–water partition coefficient (Wildman–Crippen LogP) is 2.62. The lowest BCUT2D eigenvalue weighted by molar-refractivity contribution is 0.149. The van der Waals surface area contributed by atoms with Crippen LogP contribution in [0.5, 0.6) is 0 Å². The Balaban J connectivity index is 1.86. The fourth-order valence-electron chi connectivity index (χ4n) is 2.66. The molecule has 1 heterocycles. The van der Waals surface area contributed by atoms with Gasteiger partial charge in [0.1, 0.15) is 6.10 Å².